The van der Waals surface area contributed by atoms with E-state index in [-0.39, 0.29) is 11.2 Å². The fraction of sp³-hybridized carbons (Fsp3) is 0.278. The van der Waals surface area contributed by atoms with Crippen molar-refractivity contribution in [2.45, 2.75) is 32.6 Å². The number of carbonyl (C=O) groups is 1. The first-order chi connectivity index (χ1) is 9.85. The summed E-state index contributed by atoms with van der Waals surface area (Å²) >= 11 is 5.97. The highest BCUT2D eigenvalue weighted by molar-refractivity contribution is 6.33. The van der Waals surface area contributed by atoms with Gasteiger partial charge in [-0.2, -0.15) is 0 Å². The molecule has 2 N–H and O–H groups in total. The van der Waals surface area contributed by atoms with Crippen molar-refractivity contribution in [3.63, 3.8) is 0 Å². The number of rotatable bonds is 4. The summed E-state index contributed by atoms with van der Waals surface area (Å²) in [5.74, 6) is -0.0437. The van der Waals surface area contributed by atoms with Crippen LogP contribution in [0.1, 0.15) is 48.7 Å². The van der Waals surface area contributed by atoms with Gasteiger partial charge in [-0.25, -0.2) is 0 Å². The first-order valence-corrected chi connectivity index (χ1v) is 7.43. The van der Waals surface area contributed by atoms with Crippen molar-refractivity contribution in [2.75, 3.05) is 5.73 Å². The Morgan fingerprint density at radius 2 is 1.67 bits per heavy atom. The van der Waals surface area contributed by atoms with E-state index >= 15 is 0 Å². The fourth-order valence-corrected chi connectivity index (χ4v) is 2.29. The molecule has 0 aliphatic rings. The molecule has 2 aromatic carbocycles. The number of benzene rings is 2. The molecule has 2 nitrogen and oxygen atoms in total. The van der Waals surface area contributed by atoms with Crippen LogP contribution in [-0.4, -0.2) is 5.78 Å². The molecule has 0 fully saturated rings. The van der Waals surface area contributed by atoms with Crippen LogP contribution in [0.4, 0.5) is 5.69 Å². The molecule has 0 heterocycles. The molecule has 0 aliphatic heterocycles. The van der Waals surface area contributed by atoms with E-state index in [0.717, 1.165) is 6.42 Å². The lowest BCUT2D eigenvalue weighted by atomic mass is 9.82. The van der Waals surface area contributed by atoms with E-state index in [1.165, 1.54) is 5.56 Å². The van der Waals surface area contributed by atoms with Gasteiger partial charge in [0.05, 0.1) is 10.7 Å². The number of anilines is 1. The molecule has 0 aliphatic carbocycles. The number of hydrogen-bond acceptors (Lipinski definition) is 2. The summed E-state index contributed by atoms with van der Waals surface area (Å²) in [5, 5.41) is 0.407. The largest absolute Gasteiger partial charge is 0.398 e. The molecule has 0 amide bonds. The Balaban J connectivity index is 2.30. The molecular weight excluding hydrogens is 282 g/mol. The molecule has 0 saturated heterocycles. The zero-order valence-corrected chi connectivity index (χ0v) is 13.4. The van der Waals surface area contributed by atoms with Crippen LogP contribution >= 0.6 is 11.6 Å². The topological polar surface area (TPSA) is 43.1 Å². The van der Waals surface area contributed by atoms with Crippen molar-refractivity contribution in [1.29, 1.82) is 0 Å². The normalized spacial score (nSPS) is 11.4. The van der Waals surface area contributed by atoms with Gasteiger partial charge in [-0.1, -0.05) is 56.6 Å². The number of halogens is 1. The van der Waals surface area contributed by atoms with Crippen LogP contribution < -0.4 is 5.73 Å². The van der Waals surface area contributed by atoms with Gasteiger partial charge in [-0.3, -0.25) is 4.79 Å². The van der Waals surface area contributed by atoms with Crippen LogP contribution in [0.25, 0.3) is 0 Å². The third-order valence-electron chi connectivity index (χ3n) is 4.08. The van der Waals surface area contributed by atoms with Gasteiger partial charge in [-0.05, 0) is 35.6 Å². The predicted molar refractivity (Wildman–Crippen MR) is 89.1 cm³/mol. The molecule has 21 heavy (non-hydrogen) atoms. The van der Waals surface area contributed by atoms with E-state index in [1.807, 2.05) is 24.3 Å². The predicted octanol–water partition coefficient (Wildman–Crippen LogP) is 4.84. The number of hydrogen-bond donors (Lipinski definition) is 1. The maximum absolute atomic E-state index is 12.4. The highest BCUT2D eigenvalue weighted by Gasteiger charge is 2.18. The molecule has 0 aromatic heterocycles. The summed E-state index contributed by atoms with van der Waals surface area (Å²) in [4.78, 5) is 12.4. The minimum absolute atomic E-state index is 0.0437. The average molecular weight is 302 g/mol. The lowest BCUT2D eigenvalue weighted by molar-refractivity contribution is 0.103. The SMILES string of the molecule is CCC(C)(C)c1ccc(C(=O)c2ccc(N)c(Cl)c2)cc1. The Morgan fingerprint density at radius 3 is 2.19 bits per heavy atom. The zero-order valence-electron chi connectivity index (χ0n) is 12.6. The van der Waals surface area contributed by atoms with Gasteiger partial charge < -0.3 is 5.73 Å². The Bertz CT molecular complexity index is 659. The molecule has 0 saturated carbocycles. The number of carbonyl (C=O) groups excluding carboxylic acids is 1. The molecule has 110 valence electrons. The molecule has 3 heteroatoms. The number of ketones is 1. The van der Waals surface area contributed by atoms with Crippen LogP contribution in [0.15, 0.2) is 42.5 Å². The Labute approximate surface area is 130 Å². The van der Waals surface area contributed by atoms with Crippen molar-refractivity contribution >= 4 is 23.1 Å². The standard InChI is InChI=1S/C18H20ClNO/c1-4-18(2,3)14-8-5-12(6-9-14)17(21)13-7-10-16(20)15(19)11-13/h5-11H,4,20H2,1-3H3. The van der Waals surface area contributed by atoms with Crippen molar-refractivity contribution in [2.24, 2.45) is 0 Å². The maximum atomic E-state index is 12.4. The monoisotopic (exact) mass is 301 g/mol. The summed E-state index contributed by atoms with van der Waals surface area (Å²) in [6.07, 6.45) is 1.05. The smallest absolute Gasteiger partial charge is 0.193 e. The van der Waals surface area contributed by atoms with E-state index in [1.54, 1.807) is 18.2 Å². The van der Waals surface area contributed by atoms with Crippen LogP contribution in [-0.2, 0) is 5.41 Å². The van der Waals surface area contributed by atoms with Gasteiger partial charge in [0, 0.05) is 11.1 Å². The second-order valence-electron chi connectivity index (χ2n) is 5.88. The minimum atomic E-state index is -0.0437. The number of nitrogen functional groups attached to an aromatic ring is 1. The third-order valence-corrected chi connectivity index (χ3v) is 4.40. The Morgan fingerprint density at radius 1 is 1.10 bits per heavy atom. The van der Waals surface area contributed by atoms with Crippen LogP contribution in [0.5, 0.6) is 0 Å². The van der Waals surface area contributed by atoms with Crippen molar-refractivity contribution in [1.82, 2.24) is 0 Å². The van der Waals surface area contributed by atoms with Crippen LogP contribution in [0.3, 0.4) is 0 Å². The van der Waals surface area contributed by atoms with E-state index in [2.05, 4.69) is 20.8 Å². The van der Waals surface area contributed by atoms with Gasteiger partial charge in [0.15, 0.2) is 5.78 Å². The average Bonchev–Trinajstić information content (AvgIpc) is 2.49. The summed E-state index contributed by atoms with van der Waals surface area (Å²) < 4.78 is 0. The first kappa shape index (κ1) is 15.6. The van der Waals surface area contributed by atoms with Crippen molar-refractivity contribution in [3.05, 3.63) is 64.2 Å². The summed E-state index contributed by atoms with van der Waals surface area (Å²) in [6.45, 7) is 6.56. The van der Waals surface area contributed by atoms with Gasteiger partial charge in [0.25, 0.3) is 0 Å². The van der Waals surface area contributed by atoms with Gasteiger partial charge in [0.2, 0.25) is 0 Å². The molecule has 2 rings (SSSR count). The lowest BCUT2D eigenvalue weighted by Gasteiger charge is -2.23. The Hall–Kier alpha value is -1.80. The third kappa shape index (κ3) is 3.27. The first-order valence-electron chi connectivity index (χ1n) is 7.05. The molecule has 2 aromatic rings. The summed E-state index contributed by atoms with van der Waals surface area (Å²) in [6, 6.07) is 12.8. The summed E-state index contributed by atoms with van der Waals surface area (Å²) in [7, 11) is 0. The van der Waals surface area contributed by atoms with E-state index in [0.29, 0.717) is 21.8 Å². The van der Waals surface area contributed by atoms with Gasteiger partial charge in [0.1, 0.15) is 0 Å². The molecule has 0 radical (unpaired) electrons. The lowest BCUT2D eigenvalue weighted by Crippen LogP contribution is -2.15. The van der Waals surface area contributed by atoms with Crippen LogP contribution in [0, 0.1) is 0 Å². The second-order valence-corrected chi connectivity index (χ2v) is 6.29. The quantitative estimate of drug-likeness (QED) is 0.648. The van der Waals surface area contributed by atoms with Crippen molar-refractivity contribution in [3.8, 4) is 0 Å². The van der Waals surface area contributed by atoms with Crippen molar-refractivity contribution < 1.29 is 4.79 Å². The summed E-state index contributed by atoms with van der Waals surface area (Å²) in [5.41, 5.74) is 8.71. The maximum Gasteiger partial charge on any atom is 0.193 e. The zero-order chi connectivity index (χ0) is 15.6. The van der Waals surface area contributed by atoms with E-state index < -0.39 is 0 Å². The minimum Gasteiger partial charge on any atom is -0.398 e. The number of nitrogens with two attached hydrogens (primary N) is 1. The van der Waals surface area contributed by atoms with E-state index in [4.69, 9.17) is 17.3 Å². The molecular formula is C18H20ClNO. The van der Waals surface area contributed by atoms with Crippen LogP contribution in [0.2, 0.25) is 5.02 Å². The molecule has 0 atom stereocenters. The second kappa shape index (κ2) is 5.90. The van der Waals surface area contributed by atoms with E-state index in [9.17, 15) is 4.79 Å². The van der Waals surface area contributed by atoms with Gasteiger partial charge >= 0.3 is 0 Å². The van der Waals surface area contributed by atoms with Gasteiger partial charge in [-0.15, -0.1) is 0 Å². The fourth-order valence-electron chi connectivity index (χ4n) is 2.11. The molecule has 0 unspecified atom stereocenters. The Kier molecular flexibility index (Phi) is 4.38. The highest BCUT2D eigenvalue weighted by atomic mass is 35.5. The molecule has 0 bridgehead atoms. The highest BCUT2D eigenvalue weighted by Crippen LogP contribution is 2.27. The molecule has 0 spiro atoms.